The van der Waals surface area contributed by atoms with Crippen LogP contribution in [-0.4, -0.2) is 13.0 Å². The number of nitrogens with zero attached hydrogens (tertiary/aromatic N) is 1. The number of methoxy groups -OCH3 is 1. The molecule has 1 N–H and O–H groups in total. The minimum Gasteiger partial charge on any atom is -0.493 e. The van der Waals surface area contributed by atoms with E-state index in [1.54, 1.807) is 48.5 Å². The van der Waals surface area contributed by atoms with Crippen LogP contribution < -0.4 is 14.8 Å². The monoisotopic (exact) mass is 562 g/mol. The largest absolute Gasteiger partial charge is 0.493 e. The number of amides is 1. The molecule has 162 valence electrons. The first kappa shape index (κ1) is 23.6. The molecule has 1 amide bonds. The van der Waals surface area contributed by atoms with Crippen molar-refractivity contribution >= 4 is 51.9 Å². The maximum atomic E-state index is 13.4. The Kier molecular flexibility index (Phi) is 8.09. The first-order valence-electron chi connectivity index (χ1n) is 9.33. The number of hydrogen-bond acceptors (Lipinski definition) is 4. The summed E-state index contributed by atoms with van der Waals surface area (Å²) in [4.78, 5) is 12.5. The van der Waals surface area contributed by atoms with Crippen molar-refractivity contribution in [3.8, 4) is 17.6 Å². The van der Waals surface area contributed by atoms with Crippen LogP contribution in [0, 0.1) is 20.7 Å². The molecule has 0 saturated carbocycles. The zero-order valence-corrected chi connectivity index (χ0v) is 19.8. The number of nitrogens with one attached hydrogen (secondary N) is 1. The fourth-order valence-electron chi connectivity index (χ4n) is 2.79. The van der Waals surface area contributed by atoms with Crippen molar-refractivity contribution in [3.63, 3.8) is 0 Å². The van der Waals surface area contributed by atoms with Gasteiger partial charge in [0.25, 0.3) is 5.91 Å². The van der Waals surface area contributed by atoms with Crippen molar-refractivity contribution in [3.05, 3.63) is 91.8 Å². The summed E-state index contributed by atoms with van der Waals surface area (Å²) in [6.07, 6.45) is 1.46. The molecule has 0 aliphatic carbocycles. The van der Waals surface area contributed by atoms with Crippen LogP contribution in [0.1, 0.15) is 11.1 Å². The molecule has 0 saturated heterocycles. The van der Waals surface area contributed by atoms with Gasteiger partial charge in [-0.1, -0.05) is 23.7 Å². The van der Waals surface area contributed by atoms with Gasteiger partial charge in [-0.2, -0.15) is 5.26 Å². The number of hydrogen-bond donors (Lipinski definition) is 1. The Morgan fingerprint density at radius 1 is 1.22 bits per heavy atom. The van der Waals surface area contributed by atoms with Gasteiger partial charge < -0.3 is 14.8 Å². The van der Waals surface area contributed by atoms with Crippen LogP contribution in [0.3, 0.4) is 0 Å². The van der Waals surface area contributed by atoms with Crippen LogP contribution >= 0.6 is 34.2 Å². The third kappa shape index (κ3) is 6.22. The number of halogens is 3. The molecule has 32 heavy (non-hydrogen) atoms. The van der Waals surface area contributed by atoms with Crippen LogP contribution in [0.5, 0.6) is 11.5 Å². The Labute approximate surface area is 203 Å². The van der Waals surface area contributed by atoms with Gasteiger partial charge >= 0.3 is 0 Å². The topological polar surface area (TPSA) is 71.3 Å². The summed E-state index contributed by atoms with van der Waals surface area (Å²) < 4.78 is 25.4. The minimum atomic E-state index is -0.546. The number of anilines is 1. The highest BCUT2D eigenvalue weighted by Crippen LogP contribution is 2.35. The van der Waals surface area contributed by atoms with Gasteiger partial charge in [0.1, 0.15) is 24.1 Å². The van der Waals surface area contributed by atoms with Gasteiger partial charge in [0.15, 0.2) is 11.5 Å². The molecule has 0 unspecified atom stereocenters. The molecule has 0 spiro atoms. The van der Waals surface area contributed by atoms with Crippen molar-refractivity contribution in [1.29, 1.82) is 5.26 Å². The van der Waals surface area contributed by atoms with Crippen molar-refractivity contribution in [2.45, 2.75) is 6.61 Å². The average Bonchev–Trinajstić information content (AvgIpc) is 2.77. The van der Waals surface area contributed by atoms with E-state index in [0.29, 0.717) is 36.9 Å². The van der Waals surface area contributed by atoms with Crippen LogP contribution in [0.4, 0.5) is 10.1 Å². The third-order valence-electron chi connectivity index (χ3n) is 4.30. The molecule has 3 aromatic carbocycles. The van der Waals surface area contributed by atoms with E-state index in [4.69, 9.17) is 21.1 Å². The molecule has 3 rings (SSSR count). The summed E-state index contributed by atoms with van der Waals surface area (Å²) in [5, 5.41) is 12.7. The lowest BCUT2D eigenvalue weighted by molar-refractivity contribution is -0.112. The molecular formula is C24H17ClFIN2O3. The molecule has 0 atom stereocenters. The Balaban J connectivity index is 1.81. The van der Waals surface area contributed by atoms with Gasteiger partial charge in [-0.15, -0.1) is 0 Å². The highest BCUT2D eigenvalue weighted by Gasteiger charge is 2.14. The summed E-state index contributed by atoms with van der Waals surface area (Å²) in [6.45, 7) is 0.159. The predicted octanol–water partition coefficient (Wildman–Crippen LogP) is 6.22. The average molecular weight is 563 g/mol. The lowest BCUT2D eigenvalue weighted by atomic mass is 10.1. The Hall–Kier alpha value is -3.09. The molecule has 0 aromatic heterocycles. The third-order valence-corrected chi connectivity index (χ3v) is 5.36. The molecule has 0 heterocycles. The minimum absolute atomic E-state index is 0.0776. The number of benzene rings is 3. The first-order chi connectivity index (χ1) is 15.4. The predicted molar refractivity (Wildman–Crippen MR) is 130 cm³/mol. The second-order valence-electron chi connectivity index (χ2n) is 6.58. The number of ether oxygens (including phenoxy) is 2. The molecule has 8 heteroatoms. The lowest BCUT2D eigenvalue weighted by Gasteiger charge is -2.14. The summed E-state index contributed by atoms with van der Waals surface area (Å²) in [6, 6.07) is 18.1. The van der Waals surface area contributed by atoms with Crippen LogP contribution in [0.2, 0.25) is 5.02 Å². The van der Waals surface area contributed by atoms with E-state index in [1.165, 1.54) is 25.3 Å². The van der Waals surface area contributed by atoms with Crippen LogP contribution in [-0.2, 0) is 11.4 Å². The molecule has 0 radical (unpaired) electrons. The second kappa shape index (κ2) is 11.0. The lowest BCUT2D eigenvalue weighted by Crippen LogP contribution is -2.13. The standard InChI is InChI=1S/C24H17ClFIN2O3/c1-31-22-12-16(9-17(13-28)24(30)29-20-7-5-18(25)6-8-20)11-21(27)23(22)32-14-15-3-2-4-19(26)10-15/h2-12H,14H2,1H3,(H,29,30)/b17-9-. The zero-order valence-electron chi connectivity index (χ0n) is 16.9. The molecule has 0 fully saturated rings. The van der Waals surface area contributed by atoms with Crippen molar-refractivity contribution in [2.75, 3.05) is 12.4 Å². The quantitative estimate of drug-likeness (QED) is 0.211. The molecule has 0 aliphatic heterocycles. The van der Waals surface area contributed by atoms with Gasteiger partial charge in [0.2, 0.25) is 0 Å². The van der Waals surface area contributed by atoms with E-state index in [2.05, 4.69) is 27.9 Å². The van der Waals surface area contributed by atoms with Gasteiger partial charge in [0.05, 0.1) is 10.7 Å². The van der Waals surface area contributed by atoms with Crippen LogP contribution in [0.25, 0.3) is 6.08 Å². The van der Waals surface area contributed by atoms with Crippen molar-refractivity contribution in [1.82, 2.24) is 0 Å². The fourth-order valence-corrected chi connectivity index (χ4v) is 3.70. The van der Waals surface area contributed by atoms with E-state index < -0.39 is 5.91 Å². The molecule has 0 bridgehead atoms. The van der Waals surface area contributed by atoms with E-state index >= 15 is 0 Å². The van der Waals surface area contributed by atoms with Crippen LogP contribution in [0.15, 0.2) is 66.2 Å². The maximum Gasteiger partial charge on any atom is 0.266 e. The zero-order chi connectivity index (χ0) is 23.1. The number of carbonyl (C=O) groups is 1. The molecular weight excluding hydrogens is 546 g/mol. The normalized spacial score (nSPS) is 10.9. The van der Waals surface area contributed by atoms with Gasteiger partial charge in [-0.25, -0.2) is 4.39 Å². The molecule has 5 nitrogen and oxygen atoms in total. The summed E-state index contributed by atoms with van der Waals surface area (Å²) in [7, 11) is 1.49. The smallest absolute Gasteiger partial charge is 0.266 e. The summed E-state index contributed by atoms with van der Waals surface area (Å²) in [5.41, 5.74) is 1.71. The van der Waals surface area contributed by atoms with E-state index in [1.807, 2.05) is 6.07 Å². The molecule has 3 aromatic rings. The highest BCUT2D eigenvalue weighted by molar-refractivity contribution is 14.1. The van der Waals surface area contributed by atoms with E-state index in [9.17, 15) is 14.4 Å². The Morgan fingerprint density at radius 3 is 2.62 bits per heavy atom. The summed E-state index contributed by atoms with van der Waals surface area (Å²) in [5.74, 6) is 0.0259. The SMILES string of the molecule is COc1cc(/C=C(/C#N)C(=O)Nc2ccc(Cl)cc2)cc(I)c1OCc1cccc(F)c1. The van der Waals surface area contributed by atoms with Gasteiger partial charge in [-0.05, 0) is 88.3 Å². The number of rotatable bonds is 7. The number of nitriles is 1. The van der Waals surface area contributed by atoms with Gasteiger partial charge in [0, 0.05) is 10.7 Å². The van der Waals surface area contributed by atoms with E-state index in [-0.39, 0.29) is 18.0 Å². The Bertz CT molecular complexity index is 1210. The van der Waals surface area contributed by atoms with Crippen molar-refractivity contribution in [2.24, 2.45) is 0 Å². The fraction of sp³-hybridized carbons (Fsp3) is 0.0833. The second-order valence-corrected chi connectivity index (χ2v) is 8.18. The first-order valence-corrected chi connectivity index (χ1v) is 10.8. The highest BCUT2D eigenvalue weighted by atomic mass is 127. The Morgan fingerprint density at radius 2 is 1.97 bits per heavy atom. The van der Waals surface area contributed by atoms with Crippen molar-refractivity contribution < 1.29 is 18.7 Å². The summed E-state index contributed by atoms with van der Waals surface area (Å²) >= 11 is 7.93. The van der Waals surface area contributed by atoms with Gasteiger partial charge in [-0.3, -0.25) is 4.79 Å². The molecule has 0 aliphatic rings. The number of carbonyl (C=O) groups excluding carboxylic acids is 1. The van der Waals surface area contributed by atoms with E-state index in [0.717, 1.165) is 0 Å². The maximum absolute atomic E-state index is 13.4.